The zero-order valence-electron chi connectivity index (χ0n) is 13.7. The lowest BCUT2D eigenvalue weighted by Crippen LogP contribution is -2.55. The van der Waals surface area contributed by atoms with Gasteiger partial charge in [-0.2, -0.15) is 0 Å². The summed E-state index contributed by atoms with van der Waals surface area (Å²) in [5, 5.41) is 3.56. The molecule has 3 aliphatic rings. The first-order valence-corrected chi connectivity index (χ1v) is 8.78. The van der Waals surface area contributed by atoms with Crippen molar-refractivity contribution in [3.63, 3.8) is 0 Å². The van der Waals surface area contributed by atoms with Crippen molar-refractivity contribution >= 4 is 5.91 Å². The van der Waals surface area contributed by atoms with Crippen LogP contribution in [0.3, 0.4) is 0 Å². The largest absolute Gasteiger partial charge is 0.368 e. The Morgan fingerprint density at radius 3 is 2.43 bits per heavy atom. The zero-order chi connectivity index (χ0) is 15.1. The second kappa shape index (κ2) is 5.54. The lowest BCUT2D eigenvalue weighted by atomic mass is 9.78. The van der Waals surface area contributed by atoms with Gasteiger partial charge in [-0.1, -0.05) is 20.3 Å². The van der Waals surface area contributed by atoms with Crippen LogP contribution in [0.5, 0.6) is 0 Å². The number of primary amides is 1. The van der Waals surface area contributed by atoms with Crippen LogP contribution in [0.4, 0.5) is 0 Å². The number of likely N-dealkylation sites (tertiary alicyclic amines) is 1. The van der Waals surface area contributed by atoms with Gasteiger partial charge >= 0.3 is 0 Å². The molecule has 1 saturated heterocycles. The first kappa shape index (κ1) is 15.3. The van der Waals surface area contributed by atoms with Gasteiger partial charge in [0.15, 0.2) is 0 Å². The van der Waals surface area contributed by atoms with Crippen LogP contribution in [-0.4, -0.2) is 41.5 Å². The van der Waals surface area contributed by atoms with Gasteiger partial charge in [-0.3, -0.25) is 4.79 Å². The summed E-state index contributed by atoms with van der Waals surface area (Å²) in [6, 6.07) is 1.09. The minimum absolute atomic E-state index is 0.132. The molecule has 21 heavy (non-hydrogen) atoms. The molecule has 1 aliphatic heterocycles. The molecule has 1 amide bonds. The Bertz CT molecular complexity index is 399. The monoisotopic (exact) mass is 293 g/mol. The molecule has 2 saturated carbocycles. The third-order valence-electron chi connectivity index (χ3n) is 6.39. The predicted octanol–water partition coefficient (Wildman–Crippen LogP) is 2.03. The molecule has 3 rings (SSSR count). The maximum absolute atomic E-state index is 12.0. The van der Waals surface area contributed by atoms with Crippen molar-refractivity contribution in [2.24, 2.45) is 11.1 Å². The molecule has 120 valence electrons. The summed E-state index contributed by atoms with van der Waals surface area (Å²) in [5.41, 5.74) is 5.86. The SMILES string of the molecule is CCC1(C)CCN(C2CCC(NC3CC3)(C(N)=O)C2)CC1. The molecule has 0 aromatic rings. The van der Waals surface area contributed by atoms with E-state index in [1.807, 2.05) is 0 Å². The summed E-state index contributed by atoms with van der Waals surface area (Å²) in [7, 11) is 0. The number of nitrogens with two attached hydrogens (primary N) is 1. The van der Waals surface area contributed by atoms with E-state index in [2.05, 4.69) is 24.1 Å². The van der Waals surface area contributed by atoms with Crippen LogP contribution in [0.25, 0.3) is 0 Å². The maximum Gasteiger partial charge on any atom is 0.237 e. The van der Waals surface area contributed by atoms with E-state index in [9.17, 15) is 4.79 Å². The number of rotatable bonds is 5. The van der Waals surface area contributed by atoms with E-state index in [0.29, 0.717) is 17.5 Å². The molecule has 1 heterocycles. The Morgan fingerprint density at radius 2 is 1.90 bits per heavy atom. The normalized spacial score (nSPS) is 36.8. The average molecular weight is 293 g/mol. The number of hydrogen-bond donors (Lipinski definition) is 2. The molecular formula is C17H31N3O. The molecule has 0 radical (unpaired) electrons. The number of piperidine rings is 1. The average Bonchev–Trinajstić information content (AvgIpc) is 3.17. The van der Waals surface area contributed by atoms with Crippen LogP contribution in [-0.2, 0) is 4.79 Å². The van der Waals surface area contributed by atoms with Crippen LogP contribution in [0.2, 0.25) is 0 Å². The Kier molecular flexibility index (Phi) is 4.04. The topological polar surface area (TPSA) is 58.4 Å². The Balaban J connectivity index is 1.60. The zero-order valence-corrected chi connectivity index (χ0v) is 13.7. The fourth-order valence-electron chi connectivity index (χ4n) is 4.16. The minimum Gasteiger partial charge on any atom is -0.368 e. The smallest absolute Gasteiger partial charge is 0.237 e. The third-order valence-corrected chi connectivity index (χ3v) is 6.39. The third kappa shape index (κ3) is 3.11. The van der Waals surface area contributed by atoms with Crippen LogP contribution >= 0.6 is 0 Å². The quantitative estimate of drug-likeness (QED) is 0.815. The van der Waals surface area contributed by atoms with Gasteiger partial charge < -0.3 is 16.0 Å². The summed E-state index contributed by atoms with van der Waals surface area (Å²) >= 11 is 0. The molecule has 2 atom stereocenters. The molecule has 0 bridgehead atoms. The molecule has 0 aromatic carbocycles. The molecule has 0 spiro atoms. The minimum atomic E-state index is -0.419. The standard InChI is InChI=1S/C17H31N3O/c1-3-16(2)8-10-20(11-9-16)14-6-7-17(12-14,15(18)21)19-13-4-5-13/h13-14,19H,3-12H2,1-2H3,(H2,18,21). The van der Waals surface area contributed by atoms with Crippen molar-refractivity contribution in [1.29, 1.82) is 0 Å². The highest BCUT2D eigenvalue weighted by Gasteiger charge is 2.48. The molecular weight excluding hydrogens is 262 g/mol. The van der Waals surface area contributed by atoms with Crippen molar-refractivity contribution in [3.05, 3.63) is 0 Å². The predicted molar refractivity (Wildman–Crippen MR) is 84.9 cm³/mol. The maximum atomic E-state index is 12.0. The molecule has 0 aromatic heterocycles. The van der Waals surface area contributed by atoms with Crippen LogP contribution < -0.4 is 11.1 Å². The van der Waals surface area contributed by atoms with Crippen molar-refractivity contribution in [2.75, 3.05) is 13.1 Å². The van der Waals surface area contributed by atoms with Crippen molar-refractivity contribution < 1.29 is 4.79 Å². The summed E-state index contributed by atoms with van der Waals surface area (Å²) in [5.74, 6) is -0.132. The van der Waals surface area contributed by atoms with E-state index in [4.69, 9.17) is 5.73 Å². The van der Waals surface area contributed by atoms with E-state index in [-0.39, 0.29) is 5.91 Å². The second-order valence-corrected chi connectivity index (χ2v) is 7.96. The first-order chi connectivity index (χ1) is 9.96. The highest BCUT2D eigenvalue weighted by Crippen LogP contribution is 2.40. The molecule has 4 nitrogen and oxygen atoms in total. The summed E-state index contributed by atoms with van der Waals surface area (Å²) in [6.45, 7) is 7.10. The second-order valence-electron chi connectivity index (χ2n) is 7.96. The number of nitrogens with zero attached hydrogens (tertiary/aromatic N) is 1. The van der Waals surface area contributed by atoms with Gasteiger partial charge in [0.05, 0.1) is 5.54 Å². The highest BCUT2D eigenvalue weighted by atomic mass is 16.1. The first-order valence-electron chi connectivity index (χ1n) is 8.78. The number of carbonyl (C=O) groups is 1. The highest BCUT2D eigenvalue weighted by molar-refractivity contribution is 5.85. The van der Waals surface area contributed by atoms with Crippen LogP contribution in [0.1, 0.15) is 65.2 Å². The van der Waals surface area contributed by atoms with E-state index < -0.39 is 5.54 Å². The van der Waals surface area contributed by atoms with Gasteiger partial charge in [-0.25, -0.2) is 0 Å². The summed E-state index contributed by atoms with van der Waals surface area (Å²) in [6.07, 6.45) is 9.23. The molecule has 2 aliphatic carbocycles. The van der Waals surface area contributed by atoms with Gasteiger partial charge in [0.25, 0.3) is 0 Å². The van der Waals surface area contributed by atoms with Crippen molar-refractivity contribution in [3.8, 4) is 0 Å². The Labute approximate surface area is 128 Å². The van der Waals surface area contributed by atoms with Gasteiger partial charge in [0, 0.05) is 12.1 Å². The fourth-order valence-corrected chi connectivity index (χ4v) is 4.16. The Morgan fingerprint density at radius 1 is 1.24 bits per heavy atom. The fraction of sp³-hybridized carbons (Fsp3) is 0.941. The van der Waals surface area contributed by atoms with E-state index >= 15 is 0 Å². The van der Waals surface area contributed by atoms with Gasteiger partial charge in [-0.05, 0) is 63.5 Å². The van der Waals surface area contributed by atoms with Gasteiger partial charge in [0.1, 0.15) is 0 Å². The number of amides is 1. The lowest BCUT2D eigenvalue weighted by Gasteiger charge is -2.42. The Hall–Kier alpha value is -0.610. The van der Waals surface area contributed by atoms with Crippen LogP contribution in [0.15, 0.2) is 0 Å². The summed E-state index contributed by atoms with van der Waals surface area (Å²) in [4.78, 5) is 14.6. The molecule has 2 unspecified atom stereocenters. The van der Waals surface area contributed by atoms with Crippen LogP contribution in [0, 0.1) is 5.41 Å². The van der Waals surface area contributed by atoms with Gasteiger partial charge in [-0.15, -0.1) is 0 Å². The number of carbonyl (C=O) groups excluding carboxylic acids is 1. The van der Waals surface area contributed by atoms with E-state index in [0.717, 1.165) is 19.3 Å². The molecule has 3 N–H and O–H groups in total. The molecule has 3 fully saturated rings. The van der Waals surface area contributed by atoms with Crippen molar-refractivity contribution in [2.45, 2.75) is 82.8 Å². The lowest BCUT2D eigenvalue weighted by molar-refractivity contribution is -0.124. The molecule has 4 heteroatoms. The summed E-state index contributed by atoms with van der Waals surface area (Å²) < 4.78 is 0. The van der Waals surface area contributed by atoms with Crippen molar-refractivity contribution in [1.82, 2.24) is 10.2 Å². The number of hydrogen-bond acceptors (Lipinski definition) is 3. The van der Waals surface area contributed by atoms with E-state index in [1.165, 1.54) is 45.2 Å². The number of nitrogens with one attached hydrogen (secondary N) is 1. The van der Waals surface area contributed by atoms with E-state index in [1.54, 1.807) is 0 Å². The van der Waals surface area contributed by atoms with Gasteiger partial charge in [0.2, 0.25) is 5.91 Å².